The lowest BCUT2D eigenvalue weighted by Gasteiger charge is -2.06. The Bertz CT molecular complexity index is 1030. The third kappa shape index (κ3) is 3.60. The summed E-state index contributed by atoms with van der Waals surface area (Å²) in [6, 6.07) is 17.7. The van der Waals surface area contributed by atoms with Crippen LogP contribution < -0.4 is 5.32 Å². The van der Waals surface area contributed by atoms with Crippen molar-refractivity contribution in [1.82, 2.24) is 25.5 Å². The number of thioether (sulfide) groups is 1. The number of rotatable bonds is 6. The third-order valence-corrected chi connectivity index (χ3v) is 4.71. The molecular weight excluding hydrogens is 350 g/mol. The molecule has 130 valence electrons. The molecule has 0 atom stereocenters. The Hall–Kier alpha value is -3.13. The molecule has 0 aliphatic carbocycles. The van der Waals surface area contributed by atoms with E-state index in [1.807, 2.05) is 42.5 Å². The molecule has 0 bridgehead atoms. The summed E-state index contributed by atoms with van der Waals surface area (Å²) in [6.07, 6.45) is 1.58. The van der Waals surface area contributed by atoms with Crippen molar-refractivity contribution in [3.63, 3.8) is 0 Å². The van der Waals surface area contributed by atoms with Crippen LogP contribution in [0.25, 0.3) is 16.5 Å². The molecule has 1 N–H and O–H groups in total. The molecule has 2 aromatic carbocycles. The van der Waals surface area contributed by atoms with Crippen LogP contribution in [0.4, 0.5) is 0 Å². The minimum atomic E-state index is -0.112. The first-order valence-electron chi connectivity index (χ1n) is 7.99. The van der Waals surface area contributed by atoms with E-state index >= 15 is 0 Å². The highest BCUT2D eigenvalue weighted by Gasteiger charge is 2.12. The van der Waals surface area contributed by atoms with Gasteiger partial charge in [0.15, 0.2) is 0 Å². The summed E-state index contributed by atoms with van der Waals surface area (Å²) in [5, 5.41) is 17.4. The normalized spacial score (nSPS) is 10.9. The number of benzene rings is 2. The second-order valence-corrected chi connectivity index (χ2v) is 6.49. The number of hydrogen-bond acceptors (Lipinski definition) is 6. The van der Waals surface area contributed by atoms with Gasteiger partial charge in [0.2, 0.25) is 11.1 Å². The van der Waals surface area contributed by atoms with Crippen molar-refractivity contribution in [2.75, 3.05) is 5.75 Å². The molecule has 0 aliphatic heterocycles. The number of amides is 1. The topological polar surface area (TPSA) is 85.8 Å². The molecule has 0 aliphatic rings. The van der Waals surface area contributed by atoms with Crippen LogP contribution in [-0.2, 0) is 11.3 Å². The molecular formula is C18H15N5O2S. The van der Waals surface area contributed by atoms with Crippen LogP contribution in [0.15, 0.2) is 70.4 Å². The SMILES string of the molecule is O=C(CSc1nnnn1-c1ccc2ccccc2c1)NCc1ccco1. The maximum Gasteiger partial charge on any atom is 0.230 e. The number of carbonyl (C=O) groups excluding carboxylic acids is 1. The van der Waals surface area contributed by atoms with Gasteiger partial charge in [0.25, 0.3) is 0 Å². The number of furan rings is 1. The molecule has 0 saturated heterocycles. The number of nitrogens with zero attached hydrogens (tertiary/aromatic N) is 4. The maximum absolute atomic E-state index is 12.0. The smallest absolute Gasteiger partial charge is 0.230 e. The molecule has 26 heavy (non-hydrogen) atoms. The van der Waals surface area contributed by atoms with Crippen LogP contribution in [0.1, 0.15) is 5.76 Å². The van der Waals surface area contributed by atoms with E-state index in [0.29, 0.717) is 17.5 Å². The zero-order valence-corrected chi connectivity index (χ0v) is 14.5. The average Bonchev–Trinajstić information content (AvgIpc) is 3.36. The first-order valence-corrected chi connectivity index (χ1v) is 8.97. The molecule has 7 nitrogen and oxygen atoms in total. The summed E-state index contributed by atoms with van der Waals surface area (Å²) in [6.45, 7) is 0.363. The largest absolute Gasteiger partial charge is 0.467 e. The Morgan fingerprint density at radius 2 is 2.00 bits per heavy atom. The highest BCUT2D eigenvalue weighted by molar-refractivity contribution is 7.99. The summed E-state index contributed by atoms with van der Waals surface area (Å²) in [7, 11) is 0. The first kappa shape index (κ1) is 16.3. The van der Waals surface area contributed by atoms with Crippen LogP contribution in [-0.4, -0.2) is 31.9 Å². The number of hydrogen-bond donors (Lipinski definition) is 1. The third-order valence-electron chi connectivity index (χ3n) is 3.79. The predicted octanol–water partition coefficient (Wildman–Crippen LogP) is 2.82. The Kier molecular flexibility index (Phi) is 4.65. The molecule has 2 aromatic heterocycles. The number of nitrogens with one attached hydrogen (secondary N) is 1. The van der Waals surface area contributed by atoms with E-state index in [1.165, 1.54) is 11.8 Å². The maximum atomic E-state index is 12.0. The van der Waals surface area contributed by atoms with Gasteiger partial charge in [-0.1, -0.05) is 42.1 Å². The van der Waals surface area contributed by atoms with E-state index < -0.39 is 0 Å². The van der Waals surface area contributed by atoms with E-state index in [4.69, 9.17) is 4.42 Å². The molecule has 4 rings (SSSR count). The fourth-order valence-electron chi connectivity index (χ4n) is 2.52. The predicted molar refractivity (Wildman–Crippen MR) is 97.9 cm³/mol. The second-order valence-electron chi connectivity index (χ2n) is 5.55. The van der Waals surface area contributed by atoms with Gasteiger partial charge in [0, 0.05) is 0 Å². The fraction of sp³-hybridized carbons (Fsp3) is 0.111. The minimum Gasteiger partial charge on any atom is -0.467 e. The Labute approximate surface area is 153 Å². The van der Waals surface area contributed by atoms with Crippen LogP contribution in [0, 0.1) is 0 Å². The van der Waals surface area contributed by atoms with Gasteiger partial charge in [-0.2, -0.15) is 4.68 Å². The van der Waals surface area contributed by atoms with Gasteiger partial charge in [-0.3, -0.25) is 4.79 Å². The average molecular weight is 365 g/mol. The van der Waals surface area contributed by atoms with Gasteiger partial charge in [-0.15, -0.1) is 5.10 Å². The lowest BCUT2D eigenvalue weighted by atomic mass is 10.1. The summed E-state index contributed by atoms with van der Waals surface area (Å²) in [4.78, 5) is 12.0. The zero-order chi connectivity index (χ0) is 17.8. The minimum absolute atomic E-state index is 0.112. The van der Waals surface area contributed by atoms with Gasteiger partial charge in [0.05, 0.1) is 24.2 Å². The van der Waals surface area contributed by atoms with Crippen molar-refractivity contribution < 1.29 is 9.21 Å². The van der Waals surface area contributed by atoms with Crippen molar-refractivity contribution in [2.45, 2.75) is 11.7 Å². The van der Waals surface area contributed by atoms with Crippen molar-refractivity contribution in [2.24, 2.45) is 0 Å². The zero-order valence-electron chi connectivity index (χ0n) is 13.7. The van der Waals surface area contributed by atoms with E-state index in [0.717, 1.165) is 16.5 Å². The molecule has 8 heteroatoms. The van der Waals surface area contributed by atoms with Gasteiger partial charge in [-0.05, 0) is 45.5 Å². The van der Waals surface area contributed by atoms with Crippen LogP contribution in [0.5, 0.6) is 0 Å². The Morgan fingerprint density at radius 1 is 1.12 bits per heavy atom. The highest BCUT2D eigenvalue weighted by Crippen LogP contribution is 2.22. The molecule has 0 spiro atoms. The number of tetrazole rings is 1. The molecule has 4 aromatic rings. The van der Waals surface area contributed by atoms with Crippen molar-refractivity contribution in [3.05, 3.63) is 66.6 Å². The lowest BCUT2D eigenvalue weighted by molar-refractivity contribution is -0.118. The van der Waals surface area contributed by atoms with Gasteiger partial charge >= 0.3 is 0 Å². The van der Waals surface area contributed by atoms with Gasteiger partial charge < -0.3 is 9.73 Å². The van der Waals surface area contributed by atoms with Crippen molar-refractivity contribution >= 4 is 28.4 Å². The summed E-state index contributed by atoms with van der Waals surface area (Å²) in [5.74, 6) is 0.818. The van der Waals surface area contributed by atoms with Gasteiger partial charge in [-0.25, -0.2) is 0 Å². The Balaban J connectivity index is 1.43. The molecule has 0 fully saturated rings. The van der Waals surface area contributed by atoms with E-state index in [2.05, 4.69) is 26.9 Å². The molecule has 2 heterocycles. The van der Waals surface area contributed by atoms with Crippen molar-refractivity contribution in [3.8, 4) is 5.69 Å². The summed E-state index contributed by atoms with van der Waals surface area (Å²) >= 11 is 1.28. The Morgan fingerprint density at radius 3 is 2.85 bits per heavy atom. The highest BCUT2D eigenvalue weighted by atomic mass is 32.2. The molecule has 0 radical (unpaired) electrons. The van der Waals surface area contributed by atoms with Crippen LogP contribution in [0.3, 0.4) is 0 Å². The summed E-state index contributed by atoms with van der Waals surface area (Å²) in [5.41, 5.74) is 0.854. The molecule has 0 unspecified atom stereocenters. The van der Waals surface area contributed by atoms with E-state index in [1.54, 1.807) is 17.0 Å². The van der Waals surface area contributed by atoms with E-state index in [9.17, 15) is 4.79 Å². The summed E-state index contributed by atoms with van der Waals surface area (Å²) < 4.78 is 6.82. The number of carbonyl (C=O) groups is 1. The van der Waals surface area contributed by atoms with Crippen molar-refractivity contribution in [1.29, 1.82) is 0 Å². The number of fused-ring (bicyclic) bond motifs is 1. The number of aromatic nitrogens is 4. The first-order chi connectivity index (χ1) is 12.8. The van der Waals surface area contributed by atoms with Crippen LogP contribution in [0.2, 0.25) is 0 Å². The van der Waals surface area contributed by atoms with E-state index in [-0.39, 0.29) is 11.7 Å². The van der Waals surface area contributed by atoms with Gasteiger partial charge in [0.1, 0.15) is 5.76 Å². The fourth-order valence-corrected chi connectivity index (χ4v) is 3.24. The standard InChI is InChI=1S/C18H15N5O2S/c24-17(19-11-16-6-3-9-25-16)12-26-18-20-21-22-23(18)15-8-7-13-4-1-2-5-14(13)10-15/h1-10H,11-12H2,(H,19,24). The second kappa shape index (κ2) is 7.40. The molecule has 1 amide bonds. The lowest BCUT2D eigenvalue weighted by Crippen LogP contribution is -2.24. The van der Waals surface area contributed by atoms with Crippen LogP contribution >= 0.6 is 11.8 Å². The molecule has 0 saturated carbocycles. The quantitative estimate of drug-likeness (QED) is 0.529. The monoisotopic (exact) mass is 365 g/mol.